The fourth-order valence-electron chi connectivity index (χ4n) is 2.45. The molecule has 3 aromatic rings. The molecule has 4 nitrogen and oxygen atoms in total. The van der Waals surface area contributed by atoms with Crippen LogP contribution in [-0.4, -0.2) is 13.0 Å². The molecule has 0 saturated carbocycles. The molecule has 138 valence electrons. The molecule has 0 bridgehead atoms. The van der Waals surface area contributed by atoms with Crippen LogP contribution in [0.2, 0.25) is 10.0 Å². The Bertz CT molecular complexity index is 942. The molecular formula is C21H17Cl2NO3. The lowest BCUT2D eigenvalue weighted by Gasteiger charge is -2.11. The summed E-state index contributed by atoms with van der Waals surface area (Å²) in [5, 5.41) is 3.96. The molecule has 0 aliphatic rings. The molecule has 27 heavy (non-hydrogen) atoms. The summed E-state index contributed by atoms with van der Waals surface area (Å²) in [4.78, 5) is 12.5. The van der Waals surface area contributed by atoms with Crippen molar-refractivity contribution in [3.8, 4) is 11.5 Å². The number of halogens is 2. The van der Waals surface area contributed by atoms with Gasteiger partial charge in [-0.05, 0) is 48.5 Å². The van der Waals surface area contributed by atoms with Crippen molar-refractivity contribution >= 4 is 34.8 Å². The van der Waals surface area contributed by atoms with Gasteiger partial charge in [0.25, 0.3) is 5.91 Å². The van der Waals surface area contributed by atoms with Crippen molar-refractivity contribution in [1.82, 2.24) is 0 Å². The Morgan fingerprint density at radius 2 is 1.74 bits per heavy atom. The van der Waals surface area contributed by atoms with E-state index in [2.05, 4.69) is 5.32 Å². The maximum Gasteiger partial charge on any atom is 0.255 e. The highest BCUT2D eigenvalue weighted by Gasteiger charge is 2.11. The Hall–Kier alpha value is -2.69. The number of methoxy groups -OCH3 is 1. The van der Waals surface area contributed by atoms with Crippen molar-refractivity contribution in [3.05, 3.63) is 87.9 Å². The Kier molecular flexibility index (Phi) is 6.22. The van der Waals surface area contributed by atoms with Gasteiger partial charge in [-0.3, -0.25) is 4.79 Å². The van der Waals surface area contributed by atoms with Crippen LogP contribution in [-0.2, 0) is 6.61 Å². The molecule has 0 spiro atoms. The number of carbonyl (C=O) groups is 1. The fourth-order valence-corrected chi connectivity index (χ4v) is 2.81. The molecule has 1 N–H and O–H groups in total. The summed E-state index contributed by atoms with van der Waals surface area (Å²) in [6.07, 6.45) is 0. The number of carbonyl (C=O) groups excluding carboxylic acids is 1. The first-order valence-corrected chi connectivity index (χ1v) is 8.93. The van der Waals surface area contributed by atoms with Crippen molar-refractivity contribution in [2.75, 3.05) is 12.4 Å². The first kappa shape index (κ1) is 19.1. The zero-order chi connectivity index (χ0) is 19.2. The van der Waals surface area contributed by atoms with Gasteiger partial charge in [-0.1, -0.05) is 41.4 Å². The molecule has 0 radical (unpaired) electrons. The third kappa shape index (κ3) is 4.94. The lowest BCUT2D eigenvalue weighted by molar-refractivity contribution is 0.102. The predicted molar refractivity (Wildman–Crippen MR) is 108 cm³/mol. The molecular weight excluding hydrogens is 385 g/mol. The van der Waals surface area contributed by atoms with E-state index >= 15 is 0 Å². The second-order valence-corrected chi connectivity index (χ2v) is 6.55. The van der Waals surface area contributed by atoms with E-state index in [-0.39, 0.29) is 5.91 Å². The van der Waals surface area contributed by atoms with Gasteiger partial charge in [0.2, 0.25) is 0 Å². The van der Waals surface area contributed by atoms with Crippen molar-refractivity contribution in [2.45, 2.75) is 6.61 Å². The summed E-state index contributed by atoms with van der Waals surface area (Å²) in [6, 6.07) is 19.4. The predicted octanol–water partition coefficient (Wildman–Crippen LogP) is 5.83. The Labute approximate surface area is 167 Å². The molecule has 0 fully saturated rings. The van der Waals surface area contributed by atoms with E-state index in [0.29, 0.717) is 39.4 Å². The van der Waals surface area contributed by atoms with Crippen LogP contribution in [0.15, 0.2) is 66.7 Å². The summed E-state index contributed by atoms with van der Waals surface area (Å²) in [6.45, 7) is 0.352. The first-order valence-electron chi connectivity index (χ1n) is 8.18. The van der Waals surface area contributed by atoms with Crippen molar-refractivity contribution in [2.24, 2.45) is 0 Å². The summed E-state index contributed by atoms with van der Waals surface area (Å²) >= 11 is 12.1. The summed E-state index contributed by atoms with van der Waals surface area (Å²) < 4.78 is 11.0. The highest BCUT2D eigenvalue weighted by Crippen LogP contribution is 2.28. The molecule has 0 aliphatic heterocycles. The Morgan fingerprint density at radius 1 is 1.00 bits per heavy atom. The summed E-state index contributed by atoms with van der Waals surface area (Å²) in [7, 11) is 1.53. The molecule has 6 heteroatoms. The molecule has 1 amide bonds. The fraction of sp³-hybridized carbons (Fsp3) is 0.0952. The van der Waals surface area contributed by atoms with Crippen LogP contribution < -0.4 is 14.8 Å². The monoisotopic (exact) mass is 401 g/mol. The van der Waals surface area contributed by atoms with E-state index in [1.54, 1.807) is 42.5 Å². The van der Waals surface area contributed by atoms with Gasteiger partial charge in [0.15, 0.2) is 0 Å². The third-order valence-electron chi connectivity index (χ3n) is 3.88. The Morgan fingerprint density at radius 3 is 2.44 bits per heavy atom. The van der Waals surface area contributed by atoms with Gasteiger partial charge in [-0.15, -0.1) is 0 Å². The van der Waals surface area contributed by atoms with Gasteiger partial charge >= 0.3 is 0 Å². The van der Waals surface area contributed by atoms with Gasteiger partial charge in [-0.2, -0.15) is 0 Å². The van der Waals surface area contributed by atoms with Gasteiger partial charge in [-0.25, -0.2) is 0 Å². The van der Waals surface area contributed by atoms with Crippen LogP contribution in [0.25, 0.3) is 0 Å². The minimum Gasteiger partial charge on any atom is -0.495 e. The van der Waals surface area contributed by atoms with E-state index in [1.807, 2.05) is 24.3 Å². The number of nitrogens with one attached hydrogen (secondary N) is 1. The lowest BCUT2D eigenvalue weighted by atomic mass is 10.2. The van der Waals surface area contributed by atoms with E-state index in [1.165, 1.54) is 7.11 Å². The smallest absolute Gasteiger partial charge is 0.255 e. The second kappa shape index (κ2) is 8.80. The molecule has 0 saturated heterocycles. The lowest BCUT2D eigenvalue weighted by Crippen LogP contribution is -2.12. The van der Waals surface area contributed by atoms with E-state index in [0.717, 1.165) is 5.56 Å². The van der Waals surface area contributed by atoms with E-state index in [9.17, 15) is 4.79 Å². The maximum absolute atomic E-state index is 12.5. The normalized spacial score (nSPS) is 10.3. The SMILES string of the molecule is COc1ccc(Cl)cc1NC(=O)c1ccc(OCc2ccccc2Cl)cc1. The minimum absolute atomic E-state index is 0.270. The first-order chi connectivity index (χ1) is 13.1. The second-order valence-electron chi connectivity index (χ2n) is 5.70. The van der Waals surface area contributed by atoms with Crippen molar-refractivity contribution in [1.29, 1.82) is 0 Å². The number of rotatable bonds is 6. The van der Waals surface area contributed by atoms with Gasteiger partial charge in [0.1, 0.15) is 18.1 Å². The van der Waals surface area contributed by atoms with Crippen LogP contribution in [0.1, 0.15) is 15.9 Å². The maximum atomic E-state index is 12.5. The highest BCUT2D eigenvalue weighted by atomic mass is 35.5. The van der Waals surface area contributed by atoms with Crippen molar-refractivity contribution < 1.29 is 14.3 Å². The molecule has 0 atom stereocenters. The molecule has 0 aromatic heterocycles. The van der Waals surface area contributed by atoms with E-state index in [4.69, 9.17) is 32.7 Å². The minimum atomic E-state index is -0.270. The van der Waals surface area contributed by atoms with Gasteiger partial charge < -0.3 is 14.8 Å². The number of hydrogen-bond acceptors (Lipinski definition) is 3. The number of amides is 1. The average Bonchev–Trinajstić information content (AvgIpc) is 2.68. The Balaban J connectivity index is 1.65. The molecule has 0 unspecified atom stereocenters. The van der Waals surface area contributed by atoms with Gasteiger partial charge in [0, 0.05) is 21.2 Å². The van der Waals surface area contributed by atoms with Crippen LogP contribution >= 0.6 is 23.2 Å². The number of ether oxygens (including phenoxy) is 2. The zero-order valence-corrected chi connectivity index (χ0v) is 16.1. The zero-order valence-electron chi connectivity index (χ0n) is 14.5. The van der Waals surface area contributed by atoms with Crippen LogP contribution in [0.4, 0.5) is 5.69 Å². The third-order valence-corrected chi connectivity index (χ3v) is 4.48. The number of hydrogen-bond donors (Lipinski definition) is 1. The summed E-state index contributed by atoms with van der Waals surface area (Å²) in [5.41, 5.74) is 1.89. The molecule has 3 aromatic carbocycles. The number of benzene rings is 3. The summed E-state index contributed by atoms with van der Waals surface area (Å²) in [5.74, 6) is 0.910. The molecule has 0 heterocycles. The standard InChI is InChI=1S/C21H17Cl2NO3/c1-26-20-11-8-16(22)12-19(20)24-21(25)14-6-9-17(10-7-14)27-13-15-4-2-3-5-18(15)23/h2-12H,13H2,1H3,(H,24,25). The van der Waals surface area contributed by atoms with Crippen LogP contribution in [0.5, 0.6) is 11.5 Å². The highest BCUT2D eigenvalue weighted by molar-refractivity contribution is 6.31. The van der Waals surface area contributed by atoms with Crippen LogP contribution in [0, 0.1) is 0 Å². The molecule has 3 rings (SSSR count). The number of anilines is 1. The van der Waals surface area contributed by atoms with E-state index < -0.39 is 0 Å². The quantitative estimate of drug-likeness (QED) is 0.564. The molecule has 0 aliphatic carbocycles. The van der Waals surface area contributed by atoms with Crippen LogP contribution in [0.3, 0.4) is 0 Å². The topological polar surface area (TPSA) is 47.6 Å². The average molecular weight is 402 g/mol. The van der Waals surface area contributed by atoms with Crippen molar-refractivity contribution in [3.63, 3.8) is 0 Å². The van der Waals surface area contributed by atoms with Gasteiger partial charge in [0.05, 0.1) is 12.8 Å². The largest absolute Gasteiger partial charge is 0.495 e.